The molecule has 2 N–H and O–H groups in total. The first-order chi connectivity index (χ1) is 10.2. The van der Waals surface area contributed by atoms with Gasteiger partial charge in [-0.2, -0.15) is 4.72 Å². The molecule has 1 aromatic rings. The monoisotopic (exact) mass is 326 g/mol. The van der Waals surface area contributed by atoms with Crippen molar-refractivity contribution in [3.05, 3.63) is 30.3 Å². The van der Waals surface area contributed by atoms with E-state index in [1.807, 2.05) is 13.8 Å². The molecule has 0 aliphatic rings. The zero-order valence-electron chi connectivity index (χ0n) is 13.7. The SMILES string of the molecule is CC(C)CCNC(=O)C(NS(=O)(=O)c1ccccc1)C(C)C. The summed E-state index contributed by atoms with van der Waals surface area (Å²) in [7, 11) is -3.70. The second-order valence-electron chi connectivity index (χ2n) is 6.13. The average Bonchev–Trinajstić information content (AvgIpc) is 2.45. The predicted octanol–water partition coefficient (Wildman–Crippen LogP) is 2.15. The van der Waals surface area contributed by atoms with E-state index in [1.54, 1.807) is 18.2 Å². The molecule has 1 rings (SSSR count). The van der Waals surface area contributed by atoms with Crippen LogP contribution in [-0.4, -0.2) is 26.9 Å². The molecule has 5 nitrogen and oxygen atoms in total. The highest BCUT2D eigenvalue weighted by molar-refractivity contribution is 7.89. The molecule has 0 fully saturated rings. The summed E-state index contributed by atoms with van der Waals surface area (Å²) in [5.74, 6) is 0.0616. The molecule has 0 saturated heterocycles. The summed E-state index contributed by atoms with van der Waals surface area (Å²) >= 11 is 0. The second kappa shape index (κ2) is 8.29. The van der Waals surface area contributed by atoms with Gasteiger partial charge >= 0.3 is 0 Å². The van der Waals surface area contributed by atoms with Crippen LogP contribution in [-0.2, 0) is 14.8 Å². The molecule has 6 heteroatoms. The van der Waals surface area contributed by atoms with Crippen LogP contribution >= 0.6 is 0 Å². The first-order valence-corrected chi connectivity index (χ1v) is 9.07. The van der Waals surface area contributed by atoms with E-state index in [1.165, 1.54) is 12.1 Å². The normalized spacial score (nSPS) is 13.4. The zero-order valence-corrected chi connectivity index (χ0v) is 14.5. The summed E-state index contributed by atoms with van der Waals surface area (Å²) < 4.78 is 27.2. The third-order valence-corrected chi connectivity index (χ3v) is 4.76. The Bertz CT molecular complexity index is 568. The maximum absolute atomic E-state index is 12.3. The van der Waals surface area contributed by atoms with Gasteiger partial charge in [0.15, 0.2) is 0 Å². The van der Waals surface area contributed by atoms with Crippen molar-refractivity contribution in [2.75, 3.05) is 6.54 Å². The molecule has 0 heterocycles. The van der Waals surface area contributed by atoms with Crippen LogP contribution in [0.1, 0.15) is 34.1 Å². The Morgan fingerprint density at radius 2 is 1.68 bits per heavy atom. The average molecular weight is 326 g/mol. The molecule has 1 atom stereocenters. The summed E-state index contributed by atoms with van der Waals surface area (Å²) in [6.45, 7) is 8.33. The van der Waals surface area contributed by atoms with E-state index in [0.29, 0.717) is 12.5 Å². The molecule has 0 aliphatic heterocycles. The molecule has 1 aromatic carbocycles. The predicted molar refractivity (Wildman–Crippen MR) is 87.9 cm³/mol. The number of hydrogen-bond donors (Lipinski definition) is 2. The van der Waals surface area contributed by atoms with Gasteiger partial charge in [-0.1, -0.05) is 45.9 Å². The number of hydrogen-bond acceptors (Lipinski definition) is 3. The van der Waals surface area contributed by atoms with E-state index in [4.69, 9.17) is 0 Å². The first-order valence-electron chi connectivity index (χ1n) is 7.59. The molecule has 124 valence electrons. The molecule has 1 unspecified atom stereocenters. The van der Waals surface area contributed by atoms with E-state index in [2.05, 4.69) is 23.9 Å². The van der Waals surface area contributed by atoms with Crippen molar-refractivity contribution in [1.29, 1.82) is 0 Å². The maximum Gasteiger partial charge on any atom is 0.241 e. The van der Waals surface area contributed by atoms with E-state index >= 15 is 0 Å². The van der Waals surface area contributed by atoms with Crippen LogP contribution in [0.3, 0.4) is 0 Å². The van der Waals surface area contributed by atoms with Crippen molar-refractivity contribution in [1.82, 2.24) is 10.0 Å². The molecule has 0 spiro atoms. The molecule has 0 aliphatic carbocycles. The highest BCUT2D eigenvalue weighted by atomic mass is 32.2. The van der Waals surface area contributed by atoms with Crippen molar-refractivity contribution in [2.45, 2.75) is 45.1 Å². The highest BCUT2D eigenvalue weighted by Crippen LogP contribution is 2.11. The minimum Gasteiger partial charge on any atom is -0.355 e. The number of benzene rings is 1. The molecular formula is C16H26N2O3S. The number of amides is 1. The molecular weight excluding hydrogens is 300 g/mol. The Hall–Kier alpha value is -1.40. The van der Waals surface area contributed by atoms with E-state index in [9.17, 15) is 13.2 Å². The van der Waals surface area contributed by atoms with Crippen LogP contribution < -0.4 is 10.0 Å². The lowest BCUT2D eigenvalue weighted by atomic mass is 10.0. The zero-order chi connectivity index (χ0) is 16.8. The van der Waals surface area contributed by atoms with Gasteiger partial charge in [0.2, 0.25) is 15.9 Å². The summed E-state index contributed by atoms with van der Waals surface area (Å²) in [6, 6.07) is 7.30. The Kier molecular flexibility index (Phi) is 7.03. The van der Waals surface area contributed by atoms with Gasteiger partial charge < -0.3 is 5.32 Å². The van der Waals surface area contributed by atoms with Crippen LogP contribution in [0.5, 0.6) is 0 Å². The Morgan fingerprint density at radius 3 is 2.18 bits per heavy atom. The molecule has 22 heavy (non-hydrogen) atoms. The number of carbonyl (C=O) groups excluding carboxylic acids is 1. The lowest BCUT2D eigenvalue weighted by Crippen LogP contribution is -2.49. The van der Waals surface area contributed by atoms with Gasteiger partial charge in [0.25, 0.3) is 0 Å². The molecule has 0 bridgehead atoms. The van der Waals surface area contributed by atoms with Gasteiger partial charge in [-0.25, -0.2) is 8.42 Å². The first kappa shape index (κ1) is 18.6. The maximum atomic E-state index is 12.3. The quantitative estimate of drug-likeness (QED) is 0.768. The number of rotatable bonds is 8. The summed E-state index contributed by atoms with van der Waals surface area (Å²) in [4.78, 5) is 12.4. The lowest BCUT2D eigenvalue weighted by Gasteiger charge is -2.22. The Balaban J connectivity index is 2.78. The van der Waals surface area contributed by atoms with Gasteiger partial charge in [0, 0.05) is 6.54 Å². The molecule has 1 amide bonds. The summed E-state index contributed by atoms with van der Waals surface area (Å²) in [5.41, 5.74) is 0. The van der Waals surface area contributed by atoms with Crippen molar-refractivity contribution in [2.24, 2.45) is 11.8 Å². The van der Waals surface area contributed by atoms with Crippen LogP contribution in [0.2, 0.25) is 0 Å². The van der Waals surface area contributed by atoms with Gasteiger partial charge in [-0.15, -0.1) is 0 Å². The topological polar surface area (TPSA) is 75.3 Å². The molecule has 0 saturated carbocycles. The van der Waals surface area contributed by atoms with E-state index in [-0.39, 0.29) is 16.7 Å². The van der Waals surface area contributed by atoms with E-state index < -0.39 is 16.1 Å². The summed E-state index contributed by atoms with van der Waals surface area (Å²) in [6.07, 6.45) is 0.863. The van der Waals surface area contributed by atoms with Crippen molar-refractivity contribution >= 4 is 15.9 Å². The fourth-order valence-corrected chi connectivity index (χ4v) is 3.29. The highest BCUT2D eigenvalue weighted by Gasteiger charge is 2.27. The van der Waals surface area contributed by atoms with Gasteiger partial charge in [0.05, 0.1) is 4.90 Å². The van der Waals surface area contributed by atoms with Gasteiger partial charge in [-0.05, 0) is 30.4 Å². The van der Waals surface area contributed by atoms with Crippen LogP contribution in [0.15, 0.2) is 35.2 Å². The second-order valence-corrected chi connectivity index (χ2v) is 7.84. The number of sulfonamides is 1. The number of nitrogens with one attached hydrogen (secondary N) is 2. The van der Waals surface area contributed by atoms with E-state index in [0.717, 1.165) is 6.42 Å². The minimum atomic E-state index is -3.70. The molecule has 0 radical (unpaired) electrons. The van der Waals surface area contributed by atoms with Crippen molar-refractivity contribution in [3.63, 3.8) is 0 Å². The molecule has 0 aromatic heterocycles. The summed E-state index contributed by atoms with van der Waals surface area (Å²) in [5, 5.41) is 2.80. The standard InChI is InChI=1S/C16H26N2O3S/c1-12(2)10-11-17-16(19)15(13(3)4)18-22(20,21)14-8-6-5-7-9-14/h5-9,12-13,15,18H,10-11H2,1-4H3,(H,17,19). The third-order valence-electron chi connectivity index (χ3n) is 3.31. The van der Waals surface area contributed by atoms with Gasteiger partial charge in [-0.3, -0.25) is 4.79 Å². The van der Waals surface area contributed by atoms with Gasteiger partial charge in [0.1, 0.15) is 6.04 Å². The fraction of sp³-hybridized carbons (Fsp3) is 0.562. The minimum absolute atomic E-state index is 0.141. The lowest BCUT2D eigenvalue weighted by molar-refractivity contribution is -0.123. The van der Waals surface area contributed by atoms with Crippen LogP contribution in [0.4, 0.5) is 0 Å². The van der Waals surface area contributed by atoms with Crippen molar-refractivity contribution < 1.29 is 13.2 Å². The Labute approximate surface area is 133 Å². The fourth-order valence-electron chi connectivity index (χ4n) is 1.92. The Morgan fingerprint density at radius 1 is 1.09 bits per heavy atom. The smallest absolute Gasteiger partial charge is 0.241 e. The number of carbonyl (C=O) groups is 1. The van der Waals surface area contributed by atoms with Crippen LogP contribution in [0.25, 0.3) is 0 Å². The third kappa shape index (κ3) is 5.77. The largest absolute Gasteiger partial charge is 0.355 e. The van der Waals surface area contributed by atoms with Crippen LogP contribution in [0, 0.1) is 11.8 Å². The van der Waals surface area contributed by atoms with Crippen molar-refractivity contribution in [3.8, 4) is 0 Å².